The highest BCUT2D eigenvalue weighted by Crippen LogP contribution is 2.31. The maximum absolute atomic E-state index is 11.4. The van der Waals surface area contributed by atoms with Gasteiger partial charge in [-0.3, -0.25) is 0 Å². The largest absolute Gasteiger partial charge is 0.479 e. The third kappa shape index (κ3) is 14.6. The topological polar surface area (TPSA) is 57.5 Å². The highest BCUT2D eigenvalue weighted by Gasteiger charge is 2.38. The van der Waals surface area contributed by atoms with E-state index < -0.39 is 11.6 Å². The maximum atomic E-state index is 11.4. The van der Waals surface area contributed by atoms with E-state index in [1.165, 1.54) is 70.6 Å². The number of carbonyl (C=O) groups is 1. The molecule has 0 aliphatic carbocycles. The van der Waals surface area contributed by atoms with Crippen molar-refractivity contribution >= 4 is 5.97 Å². The van der Waals surface area contributed by atoms with Crippen molar-refractivity contribution in [1.82, 2.24) is 0 Å². The van der Waals surface area contributed by atoms with Crippen LogP contribution < -0.4 is 0 Å². The van der Waals surface area contributed by atoms with E-state index >= 15 is 0 Å². The van der Waals surface area contributed by atoms with Crippen LogP contribution >= 0.6 is 0 Å². The second-order valence-corrected chi connectivity index (χ2v) is 9.42. The van der Waals surface area contributed by atoms with Crippen LogP contribution in [0, 0.1) is 5.41 Å². The highest BCUT2D eigenvalue weighted by atomic mass is 16.4. The summed E-state index contributed by atoms with van der Waals surface area (Å²) in [6.07, 6.45) is 18.6. The molecule has 3 nitrogen and oxygen atoms in total. The Kier molecular flexibility index (Phi) is 14.2. The van der Waals surface area contributed by atoms with Crippen molar-refractivity contribution in [2.24, 2.45) is 5.41 Å². The molecule has 0 spiro atoms. The summed E-state index contributed by atoms with van der Waals surface area (Å²) in [6.45, 7) is 8.20. The second kappa shape index (κ2) is 14.5. The molecule has 2 N–H and O–H groups in total. The minimum atomic E-state index is -1.56. The Labute approximate surface area is 163 Å². The van der Waals surface area contributed by atoms with Crippen molar-refractivity contribution in [3.8, 4) is 0 Å². The zero-order chi connectivity index (χ0) is 19.9. The van der Waals surface area contributed by atoms with Gasteiger partial charge in [0.2, 0.25) is 0 Å². The minimum absolute atomic E-state index is 0.177. The Morgan fingerprint density at radius 1 is 0.692 bits per heavy atom. The van der Waals surface area contributed by atoms with Gasteiger partial charge in [0.05, 0.1) is 0 Å². The summed E-state index contributed by atoms with van der Waals surface area (Å²) < 4.78 is 0. The Hall–Kier alpha value is -0.570. The fourth-order valence-electron chi connectivity index (χ4n) is 3.76. The van der Waals surface area contributed by atoms with Crippen LogP contribution in [0.15, 0.2) is 0 Å². The Bertz CT molecular complexity index is 346. The molecule has 1 unspecified atom stereocenters. The molecule has 0 aromatic rings. The summed E-state index contributed by atoms with van der Waals surface area (Å²) in [4.78, 5) is 11.4. The van der Waals surface area contributed by atoms with E-state index in [4.69, 9.17) is 0 Å². The number of carboxylic acid groups (broad SMARTS) is 1. The van der Waals surface area contributed by atoms with Crippen LogP contribution in [-0.2, 0) is 4.79 Å². The van der Waals surface area contributed by atoms with E-state index in [-0.39, 0.29) is 5.41 Å². The quantitative estimate of drug-likeness (QED) is 0.268. The van der Waals surface area contributed by atoms with Crippen molar-refractivity contribution in [3.05, 3.63) is 0 Å². The summed E-state index contributed by atoms with van der Waals surface area (Å²) in [6, 6.07) is 0. The summed E-state index contributed by atoms with van der Waals surface area (Å²) in [7, 11) is 0. The molecule has 0 aliphatic heterocycles. The zero-order valence-corrected chi connectivity index (χ0v) is 18.1. The molecule has 1 atom stereocenters. The van der Waals surface area contributed by atoms with Gasteiger partial charge in [-0.15, -0.1) is 0 Å². The van der Waals surface area contributed by atoms with Gasteiger partial charge in [0, 0.05) is 0 Å². The molecule has 0 saturated carbocycles. The molecule has 0 aromatic carbocycles. The van der Waals surface area contributed by atoms with Gasteiger partial charge in [-0.05, 0) is 24.7 Å². The second-order valence-electron chi connectivity index (χ2n) is 9.42. The van der Waals surface area contributed by atoms with Gasteiger partial charge < -0.3 is 10.2 Å². The average molecular weight is 371 g/mol. The summed E-state index contributed by atoms with van der Waals surface area (Å²) >= 11 is 0. The molecule has 0 radical (unpaired) electrons. The van der Waals surface area contributed by atoms with Gasteiger partial charge in [-0.1, -0.05) is 111 Å². The molecule has 0 rings (SSSR count). The number of aliphatic hydroxyl groups is 1. The molecule has 0 heterocycles. The fourth-order valence-corrected chi connectivity index (χ4v) is 3.76. The number of hydrogen-bond acceptors (Lipinski definition) is 2. The summed E-state index contributed by atoms with van der Waals surface area (Å²) in [5.41, 5.74) is -1.74. The van der Waals surface area contributed by atoms with Crippen LogP contribution in [0.5, 0.6) is 0 Å². The van der Waals surface area contributed by atoms with Crippen LogP contribution in [0.1, 0.15) is 130 Å². The maximum Gasteiger partial charge on any atom is 0.335 e. The third-order valence-electron chi connectivity index (χ3n) is 5.16. The monoisotopic (exact) mass is 370 g/mol. The first kappa shape index (κ1) is 25.4. The lowest BCUT2D eigenvalue weighted by molar-refractivity contribution is -0.162. The smallest absolute Gasteiger partial charge is 0.335 e. The third-order valence-corrected chi connectivity index (χ3v) is 5.16. The lowest BCUT2D eigenvalue weighted by Gasteiger charge is -2.30. The van der Waals surface area contributed by atoms with Crippen molar-refractivity contribution in [1.29, 1.82) is 0 Å². The van der Waals surface area contributed by atoms with Gasteiger partial charge >= 0.3 is 5.97 Å². The van der Waals surface area contributed by atoms with Gasteiger partial charge in [0.1, 0.15) is 0 Å². The first-order chi connectivity index (χ1) is 12.2. The van der Waals surface area contributed by atoms with Gasteiger partial charge in [0.25, 0.3) is 0 Å². The minimum Gasteiger partial charge on any atom is -0.479 e. The van der Waals surface area contributed by atoms with Crippen LogP contribution in [0.25, 0.3) is 0 Å². The van der Waals surface area contributed by atoms with E-state index in [0.717, 1.165) is 19.3 Å². The molecule has 0 aliphatic rings. The summed E-state index contributed by atoms with van der Waals surface area (Å²) in [5.74, 6) is -1.07. The predicted octanol–water partition coefficient (Wildman–Crippen LogP) is 7.11. The zero-order valence-electron chi connectivity index (χ0n) is 18.1. The van der Waals surface area contributed by atoms with Crippen molar-refractivity contribution in [2.45, 2.75) is 136 Å². The van der Waals surface area contributed by atoms with Gasteiger partial charge in [0.15, 0.2) is 5.60 Å². The molecule has 0 bridgehead atoms. The van der Waals surface area contributed by atoms with E-state index in [0.29, 0.717) is 12.8 Å². The molecule has 0 amide bonds. The van der Waals surface area contributed by atoms with E-state index in [1.54, 1.807) is 0 Å². The number of hydrogen-bond donors (Lipinski definition) is 2. The molecule has 26 heavy (non-hydrogen) atoms. The first-order valence-corrected chi connectivity index (χ1v) is 11.2. The number of aliphatic carboxylic acids is 1. The molecule has 3 heteroatoms. The molecule has 156 valence electrons. The first-order valence-electron chi connectivity index (χ1n) is 11.2. The van der Waals surface area contributed by atoms with Gasteiger partial charge in [-0.25, -0.2) is 4.79 Å². The van der Waals surface area contributed by atoms with E-state index in [1.807, 2.05) is 20.8 Å². The van der Waals surface area contributed by atoms with Crippen molar-refractivity contribution in [3.63, 3.8) is 0 Å². The fraction of sp³-hybridized carbons (Fsp3) is 0.957. The highest BCUT2D eigenvalue weighted by molar-refractivity contribution is 5.77. The van der Waals surface area contributed by atoms with Crippen molar-refractivity contribution < 1.29 is 15.0 Å². The summed E-state index contributed by atoms with van der Waals surface area (Å²) in [5, 5.41) is 19.8. The van der Waals surface area contributed by atoms with Crippen LogP contribution in [0.4, 0.5) is 0 Å². The lowest BCUT2D eigenvalue weighted by Crippen LogP contribution is -2.41. The Morgan fingerprint density at radius 3 is 1.35 bits per heavy atom. The predicted molar refractivity (Wildman–Crippen MR) is 112 cm³/mol. The molecule has 0 aromatic heterocycles. The molecular formula is C23H46O3. The molecule has 0 saturated heterocycles. The van der Waals surface area contributed by atoms with Crippen molar-refractivity contribution in [2.75, 3.05) is 0 Å². The number of rotatable bonds is 17. The number of unbranched alkanes of at least 4 members (excludes halogenated alkanes) is 13. The van der Waals surface area contributed by atoms with Crippen LogP contribution in [-0.4, -0.2) is 21.8 Å². The SMILES string of the molecule is CCCCCCCCCCCCCCCCC(O)(CC(C)(C)C)C(=O)O. The lowest BCUT2D eigenvalue weighted by atomic mass is 9.79. The van der Waals surface area contributed by atoms with Crippen LogP contribution in [0.2, 0.25) is 0 Å². The number of carboxylic acids is 1. The standard InChI is InChI=1S/C23H46O3/c1-5-6-7-8-9-10-11-12-13-14-15-16-17-18-19-23(26,21(24)25)20-22(2,3)4/h26H,5-20H2,1-4H3,(H,24,25). The Balaban J connectivity index is 3.56. The molecule has 0 fully saturated rings. The van der Waals surface area contributed by atoms with E-state index in [9.17, 15) is 15.0 Å². The van der Waals surface area contributed by atoms with Gasteiger partial charge in [-0.2, -0.15) is 0 Å². The van der Waals surface area contributed by atoms with E-state index in [2.05, 4.69) is 6.92 Å². The normalized spacial score (nSPS) is 14.3. The average Bonchev–Trinajstić information content (AvgIpc) is 2.53. The Morgan fingerprint density at radius 2 is 1.04 bits per heavy atom. The molecular weight excluding hydrogens is 324 g/mol. The van der Waals surface area contributed by atoms with Crippen LogP contribution in [0.3, 0.4) is 0 Å².